The number of benzene rings is 3. The molecule has 10 heteroatoms. The van der Waals surface area contributed by atoms with Crippen LogP contribution in [0.5, 0.6) is 0 Å². The van der Waals surface area contributed by atoms with Gasteiger partial charge >= 0.3 is 6.03 Å². The van der Waals surface area contributed by atoms with Crippen LogP contribution >= 0.6 is 11.3 Å². The lowest BCUT2D eigenvalue weighted by Crippen LogP contribution is -2.38. The Hall–Kier alpha value is -4.70. The fourth-order valence-electron chi connectivity index (χ4n) is 4.84. The molecule has 1 aliphatic heterocycles. The molecule has 1 fully saturated rings. The Kier molecular flexibility index (Phi) is 9.13. The summed E-state index contributed by atoms with van der Waals surface area (Å²) >= 11 is 1.34. The predicted octanol–water partition coefficient (Wildman–Crippen LogP) is 6.12. The van der Waals surface area contributed by atoms with Crippen molar-refractivity contribution in [2.75, 3.05) is 41.7 Å². The molecule has 0 atom stereocenters. The van der Waals surface area contributed by atoms with E-state index in [1.807, 2.05) is 42.6 Å². The lowest BCUT2D eigenvalue weighted by atomic mass is 10.1. The third-order valence-corrected chi connectivity index (χ3v) is 7.87. The van der Waals surface area contributed by atoms with E-state index in [-0.39, 0.29) is 30.2 Å². The van der Waals surface area contributed by atoms with Crippen LogP contribution in [0.2, 0.25) is 0 Å². The van der Waals surface area contributed by atoms with Crippen LogP contribution in [-0.2, 0) is 6.54 Å². The minimum Gasteiger partial charge on any atom is -0.369 e. The lowest BCUT2D eigenvalue weighted by molar-refractivity contribution is 0.0950. The zero-order chi connectivity index (χ0) is 29.5. The highest BCUT2D eigenvalue weighted by Crippen LogP contribution is 2.27. The van der Waals surface area contributed by atoms with Gasteiger partial charge in [0, 0.05) is 49.8 Å². The largest absolute Gasteiger partial charge is 0.369 e. The van der Waals surface area contributed by atoms with Gasteiger partial charge in [0.15, 0.2) is 0 Å². The number of thiophene rings is 1. The molecule has 3 aromatic carbocycles. The highest BCUT2D eigenvalue weighted by Gasteiger charge is 2.23. The fourth-order valence-corrected chi connectivity index (χ4v) is 5.46. The number of anilines is 3. The number of nitrogens with zero attached hydrogens (tertiary/aromatic N) is 2. The van der Waals surface area contributed by atoms with Crippen molar-refractivity contribution in [2.45, 2.75) is 19.9 Å². The molecule has 1 aliphatic rings. The summed E-state index contributed by atoms with van der Waals surface area (Å²) in [6.45, 7) is 4.43. The summed E-state index contributed by atoms with van der Waals surface area (Å²) in [4.78, 5) is 43.6. The van der Waals surface area contributed by atoms with Gasteiger partial charge in [-0.15, -0.1) is 11.3 Å². The van der Waals surface area contributed by atoms with Crippen LogP contribution in [0.25, 0.3) is 0 Å². The Morgan fingerprint density at radius 1 is 0.833 bits per heavy atom. The van der Waals surface area contributed by atoms with E-state index in [9.17, 15) is 18.8 Å². The summed E-state index contributed by atoms with van der Waals surface area (Å²) in [7, 11) is 0. The average Bonchev–Trinajstić information content (AvgIpc) is 3.42. The van der Waals surface area contributed by atoms with Crippen LogP contribution in [0.15, 0.2) is 84.2 Å². The molecule has 4 amide bonds. The molecule has 42 heavy (non-hydrogen) atoms. The number of amides is 4. The SMILES string of the molecule is Cc1cccc(NC(=O)N2CCCN(c3ccc(NC(=O)c4cccs4)cc3C(=O)NCc3ccc(F)cc3)CC2)c1. The van der Waals surface area contributed by atoms with Gasteiger partial charge in [-0.2, -0.15) is 0 Å². The van der Waals surface area contributed by atoms with E-state index < -0.39 is 0 Å². The van der Waals surface area contributed by atoms with Crippen molar-refractivity contribution in [3.63, 3.8) is 0 Å². The van der Waals surface area contributed by atoms with Gasteiger partial charge in [0.25, 0.3) is 11.8 Å². The molecule has 0 spiro atoms. The topological polar surface area (TPSA) is 93.8 Å². The van der Waals surface area contributed by atoms with Gasteiger partial charge in [0.1, 0.15) is 5.82 Å². The second-order valence-electron chi connectivity index (χ2n) is 10.1. The van der Waals surface area contributed by atoms with E-state index in [4.69, 9.17) is 0 Å². The molecule has 0 aliphatic carbocycles. The maximum atomic E-state index is 13.5. The van der Waals surface area contributed by atoms with Gasteiger partial charge in [0.05, 0.1) is 10.4 Å². The Morgan fingerprint density at radius 3 is 2.40 bits per heavy atom. The Labute approximate surface area is 248 Å². The number of urea groups is 1. The van der Waals surface area contributed by atoms with Gasteiger partial charge in [-0.05, 0) is 78.4 Å². The highest BCUT2D eigenvalue weighted by atomic mass is 32.1. The number of rotatable bonds is 7. The maximum Gasteiger partial charge on any atom is 0.321 e. The van der Waals surface area contributed by atoms with Crippen LogP contribution in [0.3, 0.4) is 0 Å². The van der Waals surface area contributed by atoms with Crippen molar-refractivity contribution in [2.24, 2.45) is 0 Å². The van der Waals surface area contributed by atoms with Gasteiger partial charge in [-0.3, -0.25) is 9.59 Å². The normalized spacial score (nSPS) is 13.3. The van der Waals surface area contributed by atoms with E-state index in [0.29, 0.717) is 48.0 Å². The Balaban J connectivity index is 1.33. The molecule has 1 saturated heterocycles. The van der Waals surface area contributed by atoms with Crippen molar-refractivity contribution in [3.05, 3.63) is 112 Å². The summed E-state index contributed by atoms with van der Waals surface area (Å²) in [6, 6.07) is 22.3. The second kappa shape index (κ2) is 13.3. The van der Waals surface area contributed by atoms with Crippen LogP contribution in [0.4, 0.5) is 26.2 Å². The number of nitrogens with one attached hydrogen (secondary N) is 3. The molecule has 3 N–H and O–H groups in total. The second-order valence-corrected chi connectivity index (χ2v) is 11.0. The van der Waals surface area contributed by atoms with Crippen molar-refractivity contribution >= 4 is 46.2 Å². The van der Waals surface area contributed by atoms with E-state index in [0.717, 1.165) is 23.2 Å². The molecular formula is C32H32FN5O3S. The molecule has 0 unspecified atom stereocenters. The van der Waals surface area contributed by atoms with E-state index in [2.05, 4.69) is 20.9 Å². The molecular weight excluding hydrogens is 553 g/mol. The molecule has 0 bridgehead atoms. The fraction of sp³-hybridized carbons (Fsp3) is 0.219. The van der Waals surface area contributed by atoms with E-state index in [1.165, 1.54) is 23.5 Å². The smallest absolute Gasteiger partial charge is 0.321 e. The Bertz CT molecular complexity index is 1560. The first kappa shape index (κ1) is 28.8. The van der Waals surface area contributed by atoms with Crippen LogP contribution in [0.1, 0.15) is 37.6 Å². The maximum absolute atomic E-state index is 13.5. The van der Waals surface area contributed by atoms with Crippen LogP contribution < -0.4 is 20.9 Å². The summed E-state index contributed by atoms with van der Waals surface area (Å²) < 4.78 is 13.3. The van der Waals surface area contributed by atoms with E-state index >= 15 is 0 Å². The Morgan fingerprint density at radius 2 is 1.64 bits per heavy atom. The van der Waals surface area contributed by atoms with Gasteiger partial charge < -0.3 is 25.8 Å². The summed E-state index contributed by atoms with van der Waals surface area (Å²) in [5, 5.41) is 10.6. The molecule has 4 aromatic rings. The standard InChI is InChI=1S/C32H32FN5O3S/c1-22-5-2-6-25(19-22)36-32(41)38-15-4-14-37(16-17-38)28-13-12-26(35-31(40)29-7-3-18-42-29)20-27(28)30(39)34-21-23-8-10-24(33)11-9-23/h2-3,5-13,18-20H,4,14-17,21H2,1H3,(H,34,39)(H,35,40)(H,36,41). The zero-order valence-corrected chi connectivity index (χ0v) is 24.0. The molecule has 0 saturated carbocycles. The molecule has 216 valence electrons. The van der Waals surface area contributed by atoms with E-state index in [1.54, 1.807) is 41.3 Å². The van der Waals surface area contributed by atoms with Crippen LogP contribution in [-0.4, -0.2) is 48.9 Å². The van der Waals surface area contributed by atoms with Crippen molar-refractivity contribution < 1.29 is 18.8 Å². The molecule has 2 heterocycles. The highest BCUT2D eigenvalue weighted by molar-refractivity contribution is 7.12. The molecule has 5 rings (SSSR count). The van der Waals surface area contributed by atoms with Crippen LogP contribution in [0, 0.1) is 12.7 Å². The van der Waals surface area contributed by atoms with Crippen molar-refractivity contribution in [3.8, 4) is 0 Å². The first-order chi connectivity index (χ1) is 20.4. The number of hydrogen-bond acceptors (Lipinski definition) is 5. The summed E-state index contributed by atoms with van der Waals surface area (Å²) in [6.07, 6.45) is 0.717. The first-order valence-corrected chi connectivity index (χ1v) is 14.6. The number of hydrogen-bond donors (Lipinski definition) is 3. The monoisotopic (exact) mass is 585 g/mol. The number of carbonyl (C=O) groups excluding carboxylic acids is 3. The van der Waals surface area contributed by atoms with Gasteiger partial charge in [0.2, 0.25) is 0 Å². The molecule has 1 aromatic heterocycles. The van der Waals surface area contributed by atoms with Gasteiger partial charge in [-0.1, -0.05) is 30.3 Å². The number of aryl methyl sites for hydroxylation is 1. The minimum atomic E-state index is -0.343. The molecule has 0 radical (unpaired) electrons. The van der Waals surface area contributed by atoms with Crippen molar-refractivity contribution in [1.82, 2.24) is 10.2 Å². The van der Waals surface area contributed by atoms with Crippen molar-refractivity contribution in [1.29, 1.82) is 0 Å². The van der Waals surface area contributed by atoms with Gasteiger partial charge in [-0.25, -0.2) is 9.18 Å². The molecule has 8 nitrogen and oxygen atoms in total. The number of carbonyl (C=O) groups is 3. The third kappa shape index (κ3) is 7.32. The first-order valence-electron chi connectivity index (χ1n) is 13.7. The third-order valence-electron chi connectivity index (χ3n) is 7.00. The number of halogens is 1. The summed E-state index contributed by atoms with van der Waals surface area (Å²) in [5.74, 6) is -0.912. The quantitative estimate of drug-likeness (QED) is 0.244. The predicted molar refractivity (Wildman–Crippen MR) is 165 cm³/mol. The average molecular weight is 586 g/mol. The lowest BCUT2D eigenvalue weighted by Gasteiger charge is -2.26. The summed E-state index contributed by atoms with van der Waals surface area (Å²) in [5.41, 5.74) is 4.19. The zero-order valence-electron chi connectivity index (χ0n) is 23.2. The minimum absolute atomic E-state index is 0.161.